The molecule has 2 aromatic rings. The number of nitrogens with zero attached hydrogens (tertiary/aromatic N) is 1. The van der Waals surface area contributed by atoms with E-state index in [1.54, 1.807) is 6.07 Å². The van der Waals surface area contributed by atoms with E-state index in [2.05, 4.69) is 29.2 Å². The summed E-state index contributed by atoms with van der Waals surface area (Å²) in [6.45, 7) is 1.78. The maximum absolute atomic E-state index is 13.7. The predicted molar refractivity (Wildman–Crippen MR) is 81.8 cm³/mol. The van der Waals surface area contributed by atoms with E-state index >= 15 is 0 Å². The maximum Gasteiger partial charge on any atom is 0.125 e. The van der Waals surface area contributed by atoms with Gasteiger partial charge in [-0.05, 0) is 47.7 Å². The monoisotopic (exact) mass is 289 g/mol. The number of aryl methyl sites for hydroxylation is 1. The van der Waals surface area contributed by atoms with Crippen molar-refractivity contribution in [1.29, 1.82) is 0 Å². The summed E-state index contributed by atoms with van der Waals surface area (Å²) in [6.07, 6.45) is 2.17. The predicted octanol–water partition coefficient (Wildman–Crippen LogP) is 4.52. The van der Waals surface area contributed by atoms with Gasteiger partial charge in [-0.15, -0.1) is 11.6 Å². The summed E-state index contributed by atoms with van der Waals surface area (Å²) in [5.74, 6) is 0.130. The molecule has 3 rings (SSSR count). The van der Waals surface area contributed by atoms with Crippen LogP contribution in [-0.2, 0) is 18.8 Å². The molecule has 1 nitrogen and oxygen atoms in total. The second-order valence-corrected chi connectivity index (χ2v) is 5.51. The Morgan fingerprint density at radius 1 is 1.10 bits per heavy atom. The Hall–Kier alpha value is -1.54. The fourth-order valence-corrected chi connectivity index (χ4v) is 2.97. The number of anilines is 1. The van der Waals surface area contributed by atoms with Crippen LogP contribution in [0.4, 0.5) is 10.1 Å². The zero-order valence-electron chi connectivity index (χ0n) is 11.3. The van der Waals surface area contributed by atoms with Gasteiger partial charge in [-0.3, -0.25) is 0 Å². The minimum absolute atomic E-state index is 0.212. The van der Waals surface area contributed by atoms with Crippen LogP contribution in [0.3, 0.4) is 0 Å². The third-order valence-corrected chi connectivity index (χ3v) is 4.12. The summed E-state index contributed by atoms with van der Waals surface area (Å²) >= 11 is 5.84. The first-order valence-corrected chi connectivity index (χ1v) is 7.47. The van der Waals surface area contributed by atoms with Crippen LogP contribution < -0.4 is 4.90 Å². The molecule has 0 fully saturated rings. The zero-order valence-corrected chi connectivity index (χ0v) is 12.0. The van der Waals surface area contributed by atoms with E-state index in [4.69, 9.17) is 11.6 Å². The standard InChI is InChI=1S/C17H17ClFN/c18-11-13-8-16(19)10-17(9-13)20-7-3-6-14-4-1-2-5-15(14)12-20/h1-2,4-5,8-10H,3,6-7,11-12H2. The molecule has 0 spiro atoms. The van der Waals surface area contributed by atoms with E-state index < -0.39 is 0 Å². The highest BCUT2D eigenvalue weighted by Crippen LogP contribution is 2.26. The summed E-state index contributed by atoms with van der Waals surface area (Å²) in [5.41, 5.74) is 4.50. The van der Waals surface area contributed by atoms with Crippen LogP contribution in [-0.4, -0.2) is 6.54 Å². The lowest BCUT2D eigenvalue weighted by molar-refractivity contribution is 0.624. The Morgan fingerprint density at radius 3 is 2.70 bits per heavy atom. The van der Waals surface area contributed by atoms with E-state index in [0.29, 0.717) is 5.88 Å². The van der Waals surface area contributed by atoms with E-state index in [9.17, 15) is 4.39 Å². The number of rotatable bonds is 2. The molecule has 0 saturated carbocycles. The molecule has 0 bridgehead atoms. The number of alkyl halides is 1. The molecule has 0 atom stereocenters. The zero-order chi connectivity index (χ0) is 13.9. The van der Waals surface area contributed by atoms with Crippen molar-refractivity contribution in [2.45, 2.75) is 25.3 Å². The number of hydrogen-bond acceptors (Lipinski definition) is 1. The Labute approximate surface area is 124 Å². The first-order chi connectivity index (χ1) is 9.76. The molecule has 0 aliphatic carbocycles. The second kappa shape index (κ2) is 5.84. The molecular weight excluding hydrogens is 273 g/mol. The number of fused-ring (bicyclic) bond motifs is 1. The van der Waals surface area contributed by atoms with E-state index in [1.807, 2.05) is 6.07 Å². The van der Waals surface area contributed by atoms with Crippen LogP contribution >= 0.6 is 11.6 Å². The average molecular weight is 290 g/mol. The molecule has 0 unspecified atom stereocenters. The average Bonchev–Trinajstić information content (AvgIpc) is 2.68. The van der Waals surface area contributed by atoms with Crippen LogP contribution in [0.25, 0.3) is 0 Å². The highest BCUT2D eigenvalue weighted by atomic mass is 35.5. The van der Waals surface area contributed by atoms with Gasteiger partial charge < -0.3 is 4.90 Å². The molecule has 104 valence electrons. The fraction of sp³-hybridized carbons (Fsp3) is 0.294. The Balaban J connectivity index is 1.93. The molecule has 1 heterocycles. The molecule has 1 aliphatic rings. The molecule has 1 aliphatic heterocycles. The first-order valence-electron chi connectivity index (χ1n) is 6.93. The van der Waals surface area contributed by atoms with Gasteiger partial charge in [0.1, 0.15) is 5.82 Å². The number of halogens is 2. The third-order valence-electron chi connectivity index (χ3n) is 3.82. The van der Waals surface area contributed by atoms with Gasteiger partial charge in [0.15, 0.2) is 0 Å². The molecule has 0 radical (unpaired) electrons. The summed E-state index contributed by atoms with van der Waals surface area (Å²) in [7, 11) is 0. The SMILES string of the molecule is Fc1cc(CCl)cc(N2CCCc3ccccc3C2)c1. The molecule has 3 heteroatoms. The molecule has 0 N–H and O–H groups in total. The van der Waals surface area contributed by atoms with Crippen molar-refractivity contribution >= 4 is 17.3 Å². The van der Waals surface area contributed by atoms with Crippen LogP contribution in [0.1, 0.15) is 23.1 Å². The molecular formula is C17H17ClFN. The van der Waals surface area contributed by atoms with E-state index in [-0.39, 0.29) is 5.82 Å². The first kappa shape index (κ1) is 13.4. The van der Waals surface area contributed by atoms with Crippen molar-refractivity contribution in [2.75, 3.05) is 11.4 Å². The quantitative estimate of drug-likeness (QED) is 0.735. The van der Waals surface area contributed by atoms with Gasteiger partial charge in [0.2, 0.25) is 0 Å². The summed E-state index contributed by atoms with van der Waals surface area (Å²) in [6, 6.07) is 13.6. The molecule has 0 amide bonds. The minimum Gasteiger partial charge on any atom is -0.367 e. The highest BCUT2D eigenvalue weighted by Gasteiger charge is 2.15. The van der Waals surface area contributed by atoms with E-state index in [1.165, 1.54) is 17.2 Å². The molecule has 20 heavy (non-hydrogen) atoms. The van der Waals surface area contributed by atoms with Crippen molar-refractivity contribution in [1.82, 2.24) is 0 Å². The lowest BCUT2D eigenvalue weighted by Gasteiger charge is -2.24. The Morgan fingerprint density at radius 2 is 1.90 bits per heavy atom. The van der Waals surface area contributed by atoms with Gasteiger partial charge >= 0.3 is 0 Å². The smallest absolute Gasteiger partial charge is 0.125 e. The fourth-order valence-electron chi connectivity index (χ4n) is 2.81. The van der Waals surface area contributed by atoms with Crippen molar-refractivity contribution in [2.24, 2.45) is 0 Å². The lowest BCUT2D eigenvalue weighted by atomic mass is 10.0. The minimum atomic E-state index is -0.212. The van der Waals surface area contributed by atoms with Crippen LogP contribution in [0.15, 0.2) is 42.5 Å². The Kier molecular flexibility index (Phi) is 3.93. The van der Waals surface area contributed by atoms with Gasteiger partial charge in [0, 0.05) is 24.7 Å². The summed E-state index contributed by atoms with van der Waals surface area (Å²) < 4.78 is 13.7. The summed E-state index contributed by atoms with van der Waals surface area (Å²) in [5, 5.41) is 0. The van der Waals surface area contributed by atoms with Crippen LogP contribution in [0, 0.1) is 5.82 Å². The molecule has 0 saturated heterocycles. The van der Waals surface area contributed by atoms with Crippen molar-refractivity contribution < 1.29 is 4.39 Å². The van der Waals surface area contributed by atoms with Crippen molar-refractivity contribution in [3.63, 3.8) is 0 Å². The van der Waals surface area contributed by atoms with Crippen LogP contribution in [0.2, 0.25) is 0 Å². The van der Waals surface area contributed by atoms with Crippen LogP contribution in [0.5, 0.6) is 0 Å². The highest BCUT2D eigenvalue weighted by molar-refractivity contribution is 6.17. The number of benzene rings is 2. The van der Waals surface area contributed by atoms with Gasteiger partial charge in [-0.25, -0.2) is 4.39 Å². The maximum atomic E-state index is 13.7. The third kappa shape index (κ3) is 2.80. The largest absolute Gasteiger partial charge is 0.367 e. The van der Waals surface area contributed by atoms with Gasteiger partial charge in [0.25, 0.3) is 0 Å². The normalized spacial score (nSPS) is 14.8. The van der Waals surface area contributed by atoms with Crippen molar-refractivity contribution in [3.8, 4) is 0 Å². The second-order valence-electron chi connectivity index (χ2n) is 5.25. The van der Waals surface area contributed by atoms with Gasteiger partial charge in [0.05, 0.1) is 0 Å². The van der Waals surface area contributed by atoms with Gasteiger partial charge in [-0.1, -0.05) is 24.3 Å². The lowest BCUT2D eigenvalue weighted by Crippen LogP contribution is -2.22. The van der Waals surface area contributed by atoms with Gasteiger partial charge in [-0.2, -0.15) is 0 Å². The Bertz CT molecular complexity index is 612. The number of hydrogen-bond donors (Lipinski definition) is 0. The summed E-state index contributed by atoms with van der Waals surface area (Å²) in [4.78, 5) is 2.24. The van der Waals surface area contributed by atoms with Crippen molar-refractivity contribution in [3.05, 3.63) is 65.0 Å². The molecule has 0 aromatic heterocycles. The molecule has 2 aromatic carbocycles. The van der Waals surface area contributed by atoms with E-state index in [0.717, 1.165) is 37.2 Å². The topological polar surface area (TPSA) is 3.24 Å².